The number of halogens is 3. The fourth-order valence-electron chi connectivity index (χ4n) is 3.73. The molecule has 1 heterocycles. The van der Waals surface area contributed by atoms with E-state index in [2.05, 4.69) is 26.6 Å². The second-order valence-corrected chi connectivity index (χ2v) is 10.3. The Bertz CT molecular complexity index is 1460. The lowest BCUT2D eigenvalue weighted by Crippen LogP contribution is -2.38. The summed E-state index contributed by atoms with van der Waals surface area (Å²) >= 11 is 15.7. The first-order chi connectivity index (χ1) is 18.6. The third kappa shape index (κ3) is 7.11. The largest absolute Gasteiger partial charge is 0.490 e. The van der Waals surface area contributed by atoms with Crippen molar-refractivity contribution < 1.29 is 23.9 Å². The van der Waals surface area contributed by atoms with Crippen LogP contribution in [0.4, 0.5) is 10.5 Å². The van der Waals surface area contributed by atoms with Gasteiger partial charge in [-0.25, -0.2) is 9.69 Å². The number of anilines is 1. The van der Waals surface area contributed by atoms with Gasteiger partial charge in [0, 0.05) is 21.3 Å². The summed E-state index contributed by atoms with van der Waals surface area (Å²) in [5.74, 6) is -0.241. The molecule has 1 saturated heterocycles. The van der Waals surface area contributed by atoms with Crippen LogP contribution in [-0.2, 0) is 16.2 Å². The van der Waals surface area contributed by atoms with Gasteiger partial charge < -0.3 is 20.1 Å². The van der Waals surface area contributed by atoms with Crippen molar-refractivity contribution in [3.8, 4) is 11.5 Å². The van der Waals surface area contributed by atoms with Gasteiger partial charge in [0.05, 0.1) is 11.1 Å². The van der Waals surface area contributed by atoms with Crippen molar-refractivity contribution in [1.29, 1.82) is 0 Å². The Hall–Kier alpha value is -3.53. The molecule has 1 fully saturated rings. The monoisotopic (exact) mass is 631 g/mol. The Kier molecular flexibility index (Phi) is 9.16. The Morgan fingerprint density at radius 2 is 1.82 bits per heavy atom. The Morgan fingerprint density at radius 3 is 2.51 bits per heavy atom. The molecule has 1 aliphatic rings. The summed E-state index contributed by atoms with van der Waals surface area (Å²) in [6.07, 6.45) is 1.51. The number of rotatable bonds is 9. The van der Waals surface area contributed by atoms with E-state index in [1.54, 1.807) is 42.5 Å². The summed E-state index contributed by atoms with van der Waals surface area (Å²) in [7, 11) is 0. The molecule has 202 valence electrons. The molecule has 0 aromatic heterocycles. The van der Waals surface area contributed by atoms with E-state index < -0.39 is 24.4 Å². The second kappa shape index (κ2) is 12.5. The van der Waals surface area contributed by atoms with Crippen molar-refractivity contribution in [3.63, 3.8) is 0 Å². The average Bonchev–Trinajstić information content (AvgIpc) is 3.13. The number of benzene rings is 3. The molecular formula is C28H24BrCl2N3O5. The highest BCUT2D eigenvalue weighted by molar-refractivity contribution is 9.10. The molecule has 3 aromatic carbocycles. The molecule has 8 nitrogen and oxygen atoms in total. The molecule has 0 saturated carbocycles. The standard InChI is InChI=1S/C28H24BrCl2N3O5/c1-3-38-24-12-17(10-21(29)26(24)39-15-18-6-7-19(30)13-22(18)31)11-23-27(36)34(28(37)33-23)14-25(35)32-20-8-4-16(2)5-9-20/h4-13H,3,14-15H2,1-2H3,(H,32,35)(H,33,37)/b23-11+. The van der Waals surface area contributed by atoms with E-state index in [-0.39, 0.29) is 12.3 Å². The van der Waals surface area contributed by atoms with Gasteiger partial charge in [-0.15, -0.1) is 0 Å². The quantitative estimate of drug-likeness (QED) is 0.205. The molecule has 0 atom stereocenters. The van der Waals surface area contributed by atoms with Crippen molar-refractivity contribution in [1.82, 2.24) is 10.2 Å². The number of imide groups is 1. The average molecular weight is 633 g/mol. The van der Waals surface area contributed by atoms with Crippen LogP contribution in [0.1, 0.15) is 23.6 Å². The SMILES string of the molecule is CCOc1cc(/C=C2/NC(=O)N(CC(=O)Nc3ccc(C)cc3)C2=O)cc(Br)c1OCc1ccc(Cl)cc1Cl. The highest BCUT2D eigenvalue weighted by atomic mass is 79.9. The molecule has 0 spiro atoms. The maximum absolute atomic E-state index is 12.9. The zero-order valence-corrected chi connectivity index (χ0v) is 24.1. The van der Waals surface area contributed by atoms with Crippen LogP contribution in [0.3, 0.4) is 0 Å². The molecular weight excluding hydrogens is 609 g/mol. The van der Waals surface area contributed by atoms with E-state index in [0.717, 1.165) is 16.0 Å². The summed E-state index contributed by atoms with van der Waals surface area (Å²) in [6, 6.07) is 15.1. The predicted octanol–water partition coefficient (Wildman–Crippen LogP) is 6.57. The molecule has 0 radical (unpaired) electrons. The van der Waals surface area contributed by atoms with Gasteiger partial charge in [-0.05, 0) is 77.8 Å². The fraction of sp³-hybridized carbons (Fsp3) is 0.179. The Labute approximate surface area is 244 Å². The number of ether oxygens (including phenoxy) is 2. The third-order valence-electron chi connectivity index (χ3n) is 5.63. The van der Waals surface area contributed by atoms with Gasteiger partial charge in [-0.1, -0.05) is 47.0 Å². The number of nitrogens with zero attached hydrogens (tertiary/aromatic N) is 1. The first kappa shape index (κ1) is 28.5. The first-order valence-electron chi connectivity index (χ1n) is 11.9. The van der Waals surface area contributed by atoms with Crippen LogP contribution < -0.4 is 20.1 Å². The van der Waals surface area contributed by atoms with Gasteiger partial charge in [0.1, 0.15) is 18.8 Å². The third-order valence-corrected chi connectivity index (χ3v) is 6.81. The van der Waals surface area contributed by atoms with Crippen LogP contribution >= 0.6 is 39.1 Å². The number of urea groups is 1. The molecule has 1 aliphatic heterocycles. The van der Waals surface area contributed by atoms with Crippen LogP contribution in [0.15, 0.2) is 64.8 Å². The zero-order chi connectivity index (χ0) is 28.1. The summed E-state index contributed by atoms with van der Waals surface area (Å²) in [6.45, 7) is 3.87. The lowest BCUT2D eigenvalue weighted by atomic mass is 10.1. The summed E-state index contributed by atoms with van der Waals surface area (Å²) in [5, 5.41) is 6.21. The van der Waals surface area contributed by atoms with Gasteiger partial charge in [-0.3, -0.25) is 9.59 Å². The van der Waals surface area contributed by atoms with Gasteiger partial charge in [-0.2, -0.15) is 0 Å². The van der Waals surface area contributed by atoms with Crippen molar-refractivity contribution in [2.45, 2.75) is 20.5 Å². The maximum Gasteiger partial charge on any atom is 0.329 e. The topological polar surface area (TPSA) is 97.0 Å². The minimum atomic E-state index is -0.686. The highest BCUT2D eigenvalue weighted by Gasteiger charge is 2.35. The number of hydrogen-bond acceptors (Lipinski definition) is 5. The van der Waals surface area contributed by atoms with Gasteiger partial charge in [0.25, 0.3) is 5.91 Å². The van der Waals surface area contributed by atoms with E-state index >= 15 is 0 Å². The van der Waals surface area contributed by atoms with Crippen molar-refractivity contribution in [2.24, 2.45) is 0 Å². The van der Waals surface area contributed by atoms with E-state index in [1.807, 2.05) is 26.0 Å². The summed E-state index contributed by atoms with van der Waals surface area (Å²) < 4.78 is 12.3. The number of hydrogen-bond donors (Lipinski definition) is 2. The van der Waals surface area contributed by atoms with E-state index in [4.69, 9.17) is 32.7 Å². The Balaban J connectivity index is 1.49. The highest BCUT2D eigenvalue weighted by Crippen LogP contribution is 2.38. The number of aryl methyl sites for hydroxylation is 1. The number of carbonyl (C=O) groups is 3. The molecule has 0 unspecified atom stereocenters. The normalized spacial score (nSPS) is 14.0. The van der Waals surface area contributed by atoms with Crippen LogP contribution in [0, 0.1) is 6.92 Å². The van der Waals surface area contributed by atoms with Crippen LogP contribution in [0.25, 0.3) is 6.08 Å². The minimum Gasteiger partial charge on any atom is -0.490 e. The molecule has 2 N–H and O–H groups in total. The Morgan fingerprint density at radius 1 is 1.08 bits per heavy atom. The zero-order valence-electron chi connectivity index (χ0n) is 21.0. The van der Waals surface area contributed by atoms with Crippen molar-refractivity contribution in [2.75, 3.05) is 18.5 Å². The van der Waals surface area contributed by atoms with Gasteiger partial charge >= 0.3 is 6.03 Å². The van der Waals surface area contributed by atoms with E-state index in [9.17, 15) is 14.4 Å². The van der Waals surface area contributed by atoms with Crippen LogP contribution in [0.2, 0.25) is 10.0 Å². The molecule has 3 aromatic rings. The molecule has 0 aliphatic carbocycles. The number of amides is 4. The lowest BCUT2D eigenvalue weighted by Gasteiger charge is -2.15. The molecule has 0 bridgehead atoms. The van der Waals surface area contributed by atoms with Crippen LogP contribution in [-0.4, -0.2) is 35.9 Å². The first-order valence-corrected chi connectivity index (χ1v) is 13.4. The summed E-state index contributed by atoms with van der Waals surface area (Å²) in [4.78, 5) is 38.7. The minimum absolute atomic E-state index is 0.0269. The molecule has 11 heteroatoms. The van der Waals surface area contributed by atoms with E-state index in [0.29, 0.717) is 43.9 Å². The summed E-state index contributed by atoms with van der Waals surface area (Å²) in [5.41, 5.74) is 2.95. The van der Waals surface area contributed by atoms with Crippen LogP contribution in [0.5, 0.6) is 11.5 Å². The van der Waals surface area contributed by atoms with Gasteiger partial charge in [0.15, 0.2) is 11.5 Å². The predicted molar refractivity (Wildman–Crippen MR) is 154 cm³/mol. The molecule has 4 amide bonds. The molecule has 39 heavy (non-hydrogen) atoms. The maximum atomic E-state index is 12.9. The molecule has 4 rings (SSSR count). The smallest absolute Gasteiger partial charge is 0.329 e. The second-order valence-electron chi connectivity index (χ2n) is 8.58. The van der Waals surface area contributed by atoms with Crippen molar-refractivity contribution >= 4 is 68.7 Å². The van der Waals surface area contributed by atoms with Gasteiger partial charge in [0.2, 0.25) is 5.91 Å². The number of nitrogens with one attached hydrogen (secondary N) is 2. The number of carbonyl (C=O) groups excluding carboxylic acids is 3. The van der Waals surface area contributed by atoms with Crippen molar-refractivity contribution in [3.05, 3.63) is 91.5 Å². The fourth-order valence-corrected chi connectivity index (χ4v) is 4.76. The van der Waals surface area contributed by atoms with E-state index in [1.165, 1.54) is 6.08 Å². The lowest BCUT2D eigenvalue weighted by molar-refractivity contribution is -0.127.